The third kappa shape index (κ3) is 4.89. The predicted octanol–water partition coefficient (Wildman–Crippen LogP) is 1.85. The van der Waals surface area contributed by atoms with Crippen LogP contribution in [0.25, 0.3) is 0 Å². The minimum absolute atomic E-state index is 0.00742. The monoisotopic (exact) mass is 296 g/mol. The van der Waals surface area contributed by atoms with E-state index in [1.165, 1.54) is 12.8 Å². The Morgan fingerprint density at radius 1 is 1.30 bits per heavy atom. The molecular formula is C15H24N2O2S. The van der Waals surface area contributed by atoms with Crippen LogP contribution in [0.4, 0.5) is 0 Å². The highest BCUT2D eigenvalue weighted by Crippen LogP contribution is 2.16. The number of benzene rings is 1. The summed E-state index contributed by atoms with van der Waals surface area (Å²) in [5, 5.41) is 3.35. The zero-order chi connectivity index (χ0) is 14.4. The summed E-state index contributed by atoms with van der Waals surface area (Å²) in [4.78, 5) is 0. The Morgan fingerprint density at radius 3 is 2.70 bits per heavy atom. The summed E-state index contributed by atoms with van der Waals surface area (Å²) in [6.45, 7) is 3.45. The molecule has 1 fully saturated rings. The highest BCUT2D eigenvalue weighted by molar-refractivity contribution is 7.89. The lowest BCUT2D eigenvalue weighted by Crippen LogP contribution is -2.44. The number of rotatable bonds is 6. The van der Waals surface area contributed by atoms with E-state index in [-0.39, 0.29) is 17.7 Å². The van der Waals surface area contributed by atoms with Gasteiger partial charge in [0.1, 0.15) is 0 Å². The maximum absolute atomic E-state index is 12.1. The maximum atomic E-state index is 12.1. The summed E-state index contributed by atoms with van der Waals surface area (Å²) in [5.41, 5.74) is 1.06. The van der Waals surface area contributed by atoms with E-state index < -0.39 is 10.0 Å². The van der Waals surface area contributed by atoms with Crippen molar-refractivity contribution in [3.8, 4) is 0 Å². The molecule has 1 heterocycles. The molecule has 0 spiro atoms. The van der Waals surface area contributed by atoms with Crippen LogP contribution in [0.1, 0.15) is 37.7 Å². The van der Waals surface area contributed by atoms with Gasteiger partial charge in [-0.15, -0.1) is 0 Å². The standard InChI is InChI=1S/C15H24N2O2S/c1-13(14-7-3-2-4-8-14)12-20(18,19)17-11-15-9-5-6-10-16-15/h2-4,7-8,13,15-17H,5-6,9-12H2,1H3. The van der Waals surface area contributed by atoms with Crippen LogP contribution in [0.2, 0.25) is 0 Å². The van der Waals surface area contributed by atoms with E-state index >= 15 is 0 Å². The van der Waals surface area contributed by atoms with E-state index in [1.54, 1.807) is 0 Å². The Balaban J connectivity index is 1.84. The number of piperidine rings is 1. The number of sulfonamides is 1. The molecule has 0 amide bonds. The zero-order valence-corrected chi connectivity index (χ0v) is 12.8. The van der Waals surface area contributed by atoms with Crippen LogP contribution in [-0.4, -0.2) is 33.3 Å². The molecule has 2 atom stereocenters. The molecule has 0 saturated carbocycles. The topological polar surface area (TPSA) is 58.2 Å². The molecule has 1 aliphatic heterocycles. The Labute approximate surface area is 122 Å². The summed E-state index contributed by atoms with van der Waals surface area (Å²) >= 11 is 0. The van der Waals surface area contributed by atoms with Crippen LogP contribution < -0.4 is 10.0 Å². The van der Waals surface area contributed by atoms with Gasteiger partial charge in [0.15, 0.2) is 0 Å². The van der Waals surface area contributed by atoms with E-state index in [0.29, 0.717) is 6.54 Å². The molecule has 1 aromatic carbocycles. The first kappa shape index (κ1) is 15.5. The van der Waals surface area contributed by atoms with Crippen molar-refractivity contribution in [1.29, 1.82) is 0 Å². The minimum Gasteiger partial charge on any atom is -0.313 e. The van der Waals surface area contributed by atoms with E-state index in [0.717, 1.165) is 18.5 Å². The van der Waals surface area contributed by atoms with Crippen molar-refractivity contribution in [1.82, 2.24) is 10.0 Å². The highest BCUT2D eigenvalue weighted by atomic mass is 32.2. The fourth-order valence-electron chi connectivity index (χ4n) is 2.59. The van der Waals surface area contributed by atoms with Gasteiger partial charge in [0.2, 0.25) is 10.0 Å². The van der Waals surface area contributed by atoms with Crippen LogP contribution >= 0.6 is 0 Å². The first-order chi connectivity index (χ1) is 9.57. The Bertz CT molecular complexity index is 496. The van der Waals surface area contributed by atoms with Crippen molar-refractivity contribution >= 4 is 10.0 Å². The molecule has 0 aromatic heterocycles. The molecule has 5 heteroatoms. The average Bonchev–Trinajstić information content (AvgIpc) is 2.47. The molecule has 0 bridgehead atoms. The minimum atomic E-state index is -3.22. The molecule has 4 nitrogen and oxygen atoms in total. The molecule has 0 aliphatic carbocycles. The molecule has 0 radical (unpaired) electrons. The molecule has 2 unspecified atom stereocenters. The summed E-state index contributed by atoms with van der Waals surface area (Å²) in [6.07, 6.45) is 3.42. The molecule has 2 N–H and O–H groups in total. The molecule has 1 saturated heterocycles. The Kier molecular flexibility index (Phi) is 5.57. The number of hydrogen-bond donors (Lipinski definition) is 2. The van der Waals surface area contributed by atoms with Crippen LogP contribution in [0.15, 0.2) is 30.3 Å². The zero-order valence-electron chi connectivity index (χ0n) is 12.0. The normalized spacial score (nSPS) is 21.6. The molecule has 2 rings (SSSR count). The molecule has 112 valence electrons. The molecular weight excluding hydrogens is 272 g/mol. The average molecular weight is 296 g/mol. The molecule has 1 aromatic rings. The van der Waals surface area contributed by atoms with Gasteiger partial charge in [0.25, 0.3) is 0 Å². The van der Waals surface area contributed by atoms with Gasteiger partial charge in [0.05, 0.1) is 5.75 Å². The smallest absolute Gasteiger partial charge is 0.212 e. The van der Waals surface area contributed by atoms with E-state index in [4.69, 9.17) is 0 Å². The van der Waals surface area contributed by atoms with E-state index in [1.807, 2.05) is 37.3 Å². The van der Waals surface area contributed by atoms with Gasteiger partial charge in [-0.25, -0.2) is 13.1 Å². The lowest BCUT2D eigenvalue weighted by Gasteiger charge is -2.24. The van der Waals surface area contributed by atoms with Crippen molar-refractivity contribution in [2.24, 2.45) is 0 Å². The van der Waals surface area contributed by atoms with Gasteiger partial charge in [-0.05, 0) is 30.9 Å². The van der Waals surface area contributed by atoms with Gasteiger partial charge >= 0.3 is 0 Å². The third-order valence-electron chi connectivity index (χ3n) is 3.80. The fourth-order valence-corrected chi connectivity index (χ4v) is 4.02. The summed E-state index contributed by atoms with van der Waals surface area (Å²) < 4.78 is 27.0. The lowest BCUT2D eigenvalue weighted by molar-refractivity contribution is 0.398. The summed E-state index contributed by atoms with van der Waals surface area (Å²) in [6, 6.07) is 10.1. The van der Waals surface area contributed by atoms with Crippen LogP contribution in [0, 0.1) is 0 Å². The van der Waals surface area contributed by atoms with Crippen molar-refractivity contribution in [2.45, 2.75) is 38.1 Å². The van der Waals surface area contributed by atoms with Gasteiger partial charge in [-0.1, -0.05) is 43.7 Å². The Hall–Kier alpha value is -0.910. The highest BCUT2D eigenvalue weighted by Gasteiger charge is 2.19. The molecule has 20 heavy (non-hydrogen) atoms. The van der Waals surface area contributed by atoms with Crippen molar-refractivity contribution < 1.29 is 8.42 Å². The second kappa shape index (κ2) is 7.20. The second-order valence-corrected chi connectivity index (χ2v) is 7.44. The van der Waals surface area contributed by atoms with Gasteiger partial charge in [-0.3, -0.25) is 0 Å². The number of hydrogen-bond acceptors (Lipinski definition) is 3. The van der Waals surface area contributed by atoms with Crippen molar-refractivity contribution in [2.75, 3.05) is 18.8 Å². The van der Waals surface area contributed by atoms with Crippen LogP contribution in [0.3, 0.4) is 0 Å². The number of nitrogens with one attached hydrogen (secondary N) is 2. The van der Waals surface area contributed by atoms with E-state index in [9.17, 15) is 8.42 Å². The molecule has 1 aliphatic rings. The van der Waals surface area contributed by atoms with E-state index in [2.05, 4.69) is 10.0 Å². The van der Waals surface area contributed by atoms with Crippen molar-refractivity contribution in [3.05, 3.63) is 35.9 Å². The summed E-state index contributed by atoms with van der Waals surface area (Å²) in [5.74, 6) is 0.150. The van der Waals surface area contributed by atoms with Gasteiger partial charge < -0.3 is 5.32 Å². The SMILES string of the molecule is CC(CS(=O)(=O)NCC1CCCCN1)c1ccccc1. The van der Waals surface area contributed by atoms with Crippen molar-refractivity contribution in [3.63, 3.8) is 0 Å². The van der Waals surface area contributed by atoms with Crippen LogP contribution in [0.5, 0.6) is 0 Å². The Morgan fingerprint density at radius 2 is 2.05 bits per heavy atom. The predicted molar refractivity (Wildman–Crippen MR) is 82.3 cm³/mol. The lowest BCUT2D eigenvalue weighted by atomic mass is 10.0. The second-order valence-electron chi connectivity index (χ2n) is 5.59. The third-order valence-corrected chi connectivity index (χ3v) is 5.35. The van der Waals surface area contributed by atoms with Gasteiger partial charge in [0, 0.05) is 12.6 Å². The first-order valence-electron chi connectivity index (χ1n) is 7.32. The fraction of sp³-hybridized carbons (Fsp3) is 0.600. The van der Waals surface area contributed by atoms with Crippen LogP contribution in [-0.2, 0) is 10.0 Å². The maximum Gasteiger partial charge on any atom is 0.212 e. The quantitative estimate of drug-likeness (QED) is 0.842. The first-order valence-corrected chi connectivity index (χ1v) is 8.98. The van der Waals surface area contributed by atoms with Gasteiger partial charge in [-0.2, -0.15) is 0 Å². The largest absolute Gasteiger partial charge is 0.313 e. The summed E-state index contributed by atoms with van der Waals surface area (Å²) in [7, 11) is -3.22.